The maximum Gasteiger partial charge on any atom is 0.307 e. The molecule has 3 unspecified atom stereocenters. The van der Waals surface area contributed by atoms with E-state index in [2.05, 4.69) is 41.1 Å². The van der Waals surface area contributed by atoms with E-state index in [1.54, 1.807) is 6.20 Å². The lowest BCUT2D eigenvalue weighted by molar-refractivity contribution is -0.142. The van der Waals surface area contributed by atoms with Gasteiger partial charge in [0.25, 0.3) is 0 Å². The molecule has 2 rings (SSSR count). The molecule has 0 bridgehead atoms. The lowest BCUT2D eigenvalue weighted by Gasteiger charge is -2.17. The van der Waals surface area contributed by atoms with Crippen LogP contribution >= 0.6 is 0 Å². The highest BCUT2D eigenvalue weighted by Crippen LogP contribution is 2.20. The molecule has 122 valence electrons. The first kappa shape index (κ1) is 16.9. The van der Waals surface area contributed by atoms with Crippen molar-refractivity contribution in [2.24, 2.45) is 11.8 Å². The van der Waals surface area contributed by atoms with Crippen LogP contribution in [-0.2, 0) is 4.79 Å². The van der Waals surface area contributed by atoms with Crippen molar-refractivity contribution in [3.63, 3.8) is 0 Å². The average Bonchev–Trinajstić information content (AvgIpc) is 2.95. The van der Waals surface area contributed by atoms with Crippen LogP contribution in [-0.4, -0.2) is 35.2 Å². The van der Waals surface area contributed by atoms with Crippen LogP contribution in [0.2, 0.25) is 0 Å². The van der Waals surface area contributed by atoms with Gasteiger partial charge in [-0.2, -0.15) is 0 Å². The zero-order chi connectivity index (χ0) is 15.9. The van der Waals surface area contributed by atoms with E-state index in [1.165, 1.54) is 5.56 Å². The van der Waals surface area contributed by atoms with Gasteiger partial charge in [0, 0.05) is 37.6 Å². The third-order valence-corrected chi connectivity index (χ3v) is 3.96. The number of nitrogens with zero attached hydrogens (tertiary/aromatic N) is 1. The highest BCUT2D eigenvalue weighted by Gasteiger charge is 2.25. The molecule has 22 heavy (non-hydrogen) atoms. The molecule has 0 radical (unpaired) electrons. The number of aliphatic carboxylic acids is 1. The highest BCUT2D eigenvalue weighted by molar-refractivity contribution is 5.70. The Bertz CT molecular complexity index is 466. The number of carbonyl (C=O) groups is 1. The average molecular weight is 306 g/mol. The smallest absolute Gasteiger partial charge is 0.307 e. The summed E-state index contributed by atoms with van der Waals surface area (Å²) in [5.74, 6) is -0.639. The summed E-state index contributed by atoms with van der Waals surface area (Å²) in [6.45, 7) is 5.38. The lowest BCUT2D eigenvalue weighted by Crippen LogP contribution is -2.40. The maximum atomic E-state index is 11.2. The van der Waals surface area contributed by atoms with E-state index in [-0.39, 0.29) is 12.0 Å². The number of carboxylic acid groups (broad SMARTS) is 1. The fourth-order valence-electron chi connectivity index (χ4n) is 2.83. The van der Waals surface area contributed by atoms with Crippen molar-refractivity contribution in [1.29, 1.82) is 0 Å². The van der Waals surface area contributed by atoms with E-state index < -0.39 is 5.97 Å². The van der Waals surface area contributed by atoms with Gasteiger partial charge >= 0.3 is 5.97 Å². The summed E-state index contributed by atoms with van der Waals surface area (Å²) in [6.07, 6.45) is 5.31. The number of rotatable bonds is 8. The van der Waals surface area contributed by atoms with E-state index in [1.807, 2.05) is 12.3 Å². The zero-order valence-corrected chi connectivity index (χ0v) is 13.2. The molecule has 0 spiro atoms. The fourth-order valence-corrected chi connectivity index (χ4v) is 2.83. The van der Waals surface area contributed by atoms with Crippen LogP contribution in [0.4, 0.5) is 0 Å². The van der Waals surface area contributed by atoms with Crippen molar-refractivity contribution in [1.82, 2.24) is 21.2 Å². The molecule has 4 N–H and O–H groups in total. The number of hydrogen-bond acceptors (Lipinski definition) is 5. The number of pyridine rings is 1. The van der Waals surface area contributed by atoms with Crippen molar-refractivity contribution in [3.05, 3.63) is 30.1 Å². The molecular formula is C16H26N4O2. The predicted octanol–water partition coefficient (Wildman–Crippen LogP) is 1.33. The van der Waals surface area contributed by atoms with Crippen molar-refractivity contribution in [3.8, 4) is 0 Å². The summed E-state index contributed by atoms with van der Waals surface area (Å²) < 4.78 is 0. The van der Waals surface area contributed by atoms with Crippen LogP contribution < -0.4 is 16.2 Å². The summed E-state index contributed by atoms with van der Waals surface area (Å²) in [4.78, 5) is 15.4. The maximum absolute atomic E-state index is 11.2. The standard InChI is InChI=1S/C16H26N4O2/c1-11(2)6-13(16(21)22)9-18-10-14-7-15(20-19-14)12-4-3-5-17-8-12/h3-5,8,11,13-15,18-20H,6-7,9-10H2,1-2H3,(H,21,22). The number of hydrogen-bond donors (Lipinski definition) is 4. The Kier molecular flexibility index (Phi) is 6.30. The minimum Gasteiger partial charge on any atom is -0.481 e. The van der Waals surface area contributed by atoms with Crippen LogP contribution in [0.5, 0.6) is 0 Å². The van der Waals surface area contributed by atoms with Gasteiger partial charge in [-0.1, -0.05) is 19.9 Å². The molecule has 0 aromatic carbocycles. The van der Waals surface area contributed by atoms with E-state index in [0.29, 0.717) is 24.9 Å². The summed E-state index contributed by atoms with van der Waals surface area (Å²) in [5.41, 5.74) is 7.70. The van der Waals surface area contributed by atoms with Crippen molar-refractivity contribution >= 4 is 5.97 Å². The monoisotopic (exact) mass is 306 g/mol. The molecule has 0 aliphatic carbocycles. The van der Waals surface area contributed by atoms with Crippen LogP contribution in [0.15, 0.2) is 24.5 Å². The number of carboxylic acids is 1. The van der Waals surface area contributed by atoms with E-state index >= 15 is 0 Å². The third-order valence-electron chi connectivity index (χ3n) is 3.96. The lowest BCUT2D eigenvalue weighted by atomic mass is 9.97. The van der Waals surface area contributed by atoms with Crippen LogP contribution in [0.1, 0.15) is 38.3 Å². The Balaban J connectivity index is 1.73. The van der Waals surface area contributed by atoms with Gasteiger partial charge in [0.1, 0.15) is 0 Å². The molecule has 1 saturated heterocycles. The molecule has 1 aliphatic heterocycles. The molecule has 2 heterocycles. The second-order valence-electron chi connectivity index (χ2n) is 6.38. The summed E-state index contributed by atoms with van der Waals surface area (Å²) in [6, 6.07) is 4.54. The molecular weight excluding hydrogens is 280 g/mol. The van der Waals surface area contributed by atoms with Gasteiger partial charge in [-0.05, 0) is 30.4 Å². The minimum absolute atomic E-state index is 0.256. The predicted molar refractivity (Wildman–Crippen MR) is 85.1 cm³/mol. The molecule has 1 fully saturated rings. The van der Waals surface area contributed by atoms with Gasteiger partial charge in [0.15, 0.2) is 0 Å². The molecule has 0 saturated carbocycles. The van der Waals surface area contributed by atoms with Gasteiger partial charge in [0.05, 0.1) is 5.92 Å². The first-order valence-corrected chi connectivity index (χ1v) is 7.90. The van der Waals surface area contributed by atoms with Crippen molar-refractivity contribution in [2.45, 2.75) is 38.8 Å². The van der Waals surface area contributed by atoms with Crippen LogP contribution in [0.3, 0.4) is 0 Å². The molecule has 1 aromatic heterocycles. The fraction of sp³-hybridized carbons (Fsp3) is 0.625. The second-order valence-corrected chi connectivity index (χ2v) is 6.38. The minimum atomic E-state index is -0.716. The molecule has 6 heteroatoms. The number of nitrogens with one attached hydrogen (secondary N) is 3. The van der Waals surface area contributed by atoms with E-state index in [4.69, 9.17) is 0 Å². The Morgan fingerprint density at radius 1 is 1.50 bits per heavy atom. The SMILES string of the molecule is CC(C)CC(CNCC1CC(c2cccnc2)NN1)C(=O)O. The van der Waals surface area contributed by atoms with Gasteiger partial charge < -0.3 is 10.4 Å². The van der Waals surface area contributed by atoms with Crippen molar-refractivity contribution in [2.75, 3.05) is 13.1 Å². The Morgan fingerprint density at radius 2 is 2.32 bits per heavy atom. The van der Waals surface area contributed by atoms with Gasteiger partial charge in [-0.3, -0.25) is 15.2 Å². The third kappa shape index (κ3) is 5.05. The van der Waals surface area contributed by atoms with Gasteiger partial charge in [-0.25, -0.2) is 5.43 Å². The van der Waals surface area contributed by atoms with Gasteiger partial charge in [-0.15, -0.1) is 0 Å². The van der Waals surface area contributed by atoms with E-state index in [0.717, 1.165) is 13.0 Å². The largest absolute Gasteiger partial charge is 0.481 e. The summed E-state index contributed by atoms with van der Waals surface area (Å²) >= 11 is 0. The molecule has 0 amide bonds. The topological polar surface area (TPSA) is 86.3 Å². The Morgan fingerprint density at radius 3 is 2.95 bits per heavy atom. The normalized spacial score (nSPS) is 22.9. The second kappa shape index (κ2) is 8.22. The van der Waals surface area contributed by atoms with Gasteiger partial charge in [0.2, 0.25) is 0 Å². The summed E-state index contributed by atoms with van der Waals surface area (Å²) in [5, 5.41) is 12.5. The van der Waals surface area contributed by atoms with Crippen molar-refractivity contribution < 1.29 is 9.90 Å². The zero-order valence-electron chi connectivity index (χ0n) is 13.2. The quantitative estimate of drug-likeness (QED) is 0.580. The molecule has 1 aromatic rings. The van der Waals surface area contributed by atoms with Crippen LogP contribution in [0, 0.1) is 11.8 Å². The first-order valence-electron chi connectivity index (χ1n) is 7.90. The number of hydrazine groups is 1. The Labute approximate surface area is 131 Å². The molecule has 6 nitrogen and oxygen atoms in total. The molecule has 3 atom stereocenters. The van der Waals surface area contributed by atoms with E-state index in [9.17, 15) is 9.90 Å². The number of aromatic nitrogens is 1. The Hall–Kier alpha value is -1.50. The molecule has 1 aliphatic rings. The first-order chi connectivity index (χ1) is 10.6. The van der Waals surface area contributed by atoms with Crippen LogP contribution in [0.25, 0.3) is 0 Å². The highest BCUT2D eigenvalue weighted by atomic mass is 16.4. The summed E-state index contributed by atoms with van der Waals surface area (Å²) in [7, 11) is 0.